The molecule has 1 fully saturated rings. The molecule has 3 nitrogen and oxygen atoms in total. The molecule has 1 saturated heterocycles. The number of hydrogen-bond donors (Lipinski definition) is 0. The van der Waals surface area contributed by atoms with E-state index < -0.39 is 0 Å². The van der Waals surface area contributed by atoms with Gasteiger partial charge in [-0.25, -0.2) is 4.79 Å². The lowest BCUT2D eigenvalue weighted by Crippen LogP contribution is -2.38. The van der Waals surface area contributed by atoms with E-state index in [0.29, 0.717) is 5.56 Å². The van der Waals surface area contributed by atoms with Gasteiger partial charge in [0.1, 0.15) is 6.10 Å². The summed E-state index contributed by atoms with van der Waals surface area (Å²) in [6.45, 7) is 3.92. The Morgan fingerprint density at radius 1 is 1.47 bits per heavy atom. The Labute approximate surface area is 102 Å². The van der Waals surface area contributed by atoms with Crippen LogP contribution in [0.4, 0.5) is 0 Å². The Bertz CT molecular complexity index is 403. The highest BCUT2D eigenvalue weighted by molar-refractivity contribution is 5.89. The van der Waals surface area contributed by atoms with Gasteiger partial charge in [0.2, 0.25) is 0 Å². The van der Waals surface area contributed by atoms with E-state index in [1.54, 1.807) is 0 Å². The van der Waals surface area contributed by atoms with E-state index in [9.17, 15) is 4.79 Å². The maximum absolute atomic E-state index is 11.9. The number of likely N-dealkylation sites (tertiary alicyclic amines) is 1. The monoisotopic (exact) mass is 233 g/mol. The number of piperidine rings is 1. The third-order valence-electron chi connectivity index (χ3n) is 3.11. The smallest absolute Gasteiger partial charge is 0.338 e. The molecular weight excluding hydrogens is 214 g/mol. The summed E-state index contributed by atoms with van der Waals surface area (Å²) in [5.74, 6) is -0.200. The molecule has 0 aliphatic carbocycles. The van der Waals surface area contributed by atoms with Crippen LogP contribution >= 0.6 is 0 Å². The average Bonchev–Trinajstić information content (AvgIpc) is 2.29. The van der Waals surface area contributed by atoms with Gasteiger partial charge in [0.25, 0.3) is 0 Å². The van der Waals surface area contributed by atoms with E-state index >= 15 is 0 Å². The van der Waals surface area contributed by atoms with Gasteiger partial charge in [-0.1, -0.05) is 17.7 Å². The molecule has 2 rings (SSSR count). The minimum absolute atomic E-state index is 0.0433. The fourth-order valence-corrected chi connectivity index (χ4v) is 2.21. The van der Waals surface area contributed by atoms with E-state index in [1.165, 1.54) is 0 Å². The molecule has 17 heavy (non-hydrogen) atoms. The van der Waals surface area contributed by atoms with Crippen molar-refractivity contribution in [3.63, 3.8) is 0 Å². The van der Waals surface area contributed by atoms with Crippen molar-refractivity contribution in [1.82, 2.24) is 4.90 Å². The molecular formula is C14H19NO2. The molecule has 0 radical (unpaired) electrons. The number of carbonyl (C=O) groups is 1. The molecule has 0 aromatic heterocycles. The number of hydrogen-bond acceptors (Lipinski definition) is 3. The first kappa shape index (κ1) is 12.1. The molecule has 1 heterocycles. The second kappa shape index (κ2) is 5.32. The molecule has 0 unspecified atom stereocenters. The van der Waals surface area contributed by atoms with Crippen molar-refractivity contribution in [3.05, 3.63) is 35.4 Å². The Hall–Kier alpha value is -1.35. The van der Waals surface area contributed by atoms with E-state index in [1.807, 2.05) is 31.2 Å². The zero-order valence-electron chi connectivity index (χ0n) is 10.5. The van der Waals surface area contributed by atoms with Gasteiger partial charge >= 0.3 is 5.97 Å². The minimum Gasteiger partial charge on any atom is -0.457 e. The fraction of sp³-hybridized carbons (Fsp3) is 0.500. The van der Waals surface area contributed by atoms with Crippen LogP contribution in [0.25, 0.3) is 0 Å². The lowest BCUT2D eigenvalue weighted by Gasteiger charge is -2.29. The van der Waals surface area contributed by atoms with Gasteiger partial charge in [-0.3, -0.25) is 0 Å². The van der Waals surface area contributed by atoms with Gasteiger partial charge < -0.3 is 9.64 Å². The van der Waals surface area contributed by atoms with Crippen molar-refractivity contribution in [3.8, 4) is 0 Å². The lowest BCUT2D eigenvalue weighted by molar-refractivity contribution is 0.0108. The number of aryl methyl sites for hydroxylation is 1. The predicted octanol–water partition coefficient (Wildman–Crippen LogP) is 2.25. The van der Waals surface area contributed by atoms with Crippen molar-refractivity contribution in [2.75, 3.05) is 20.1 Å². The molecule has 1 atom stereocenters. The van der Waals surface area contributed by atoms with Crippen LogP contribution in [-0.4, -0.2) is 37.1 Å². The molecule has 0 bridgehead atoms. The van der Waals surface area contributed by atoms with Gasteiger partial charge in [-0.15, -0.1) is 0 Å². The molecule has 92 valence electrons. The van der Waals surface area contributed by atoms with Gasteiger partial charge in [-0.05, 0) is 45.5 Å². The van der Waals surface area contributed by atoms with Gasteiger partial charge in [0.05, 0.1) is 5.56 Å². The third kappa shape index (κ3) is 3.30. The number of ether oxygens (including phenoxy) is 1. The van der Waals surface area contributed by atoms with E-state index in [0.717, 1.165) is 31.5 Å². The van der Waals surface area contributed by atoms with Crippen LogP contribution in [0.5, 0.6) is 0 Å². The number of esters is 1. The topological polar surface area (TPSA) is 29.5 Å². The minimum atomic E-state index is -0.200. The average molecular weight is 233 g/mol. The van der Waals surface area contributed by atoms with E-state index in [-0.39, 0.29) is 12.1 Å². The number of benzene rings is 1. The summed E-state index contributed by atoms with van der Waals surface area (Å²) in [7, 11) is 2.06. The summed E-state index contributed by atoms with van der Waals surface area (Å²) >= 11 is 0. The molecule has 0 amide bonds. The summed E-state index contributed by atoms with van der Waals surface area (Å²) in [5.41, 5.74) is 1.73. The molecule has 3 heteroatoms. The third-order valence-corrected chi connectivity index (χ3v) is 3.11. The first-order valence-electron chi connectivity index (χ1n) is 6.11. The number of carbonyl (C=O) groups excluding carboxylic acids is 1. The Morgan fingerprint density at radius 3 is 3.00 bits per heavy atom. The van der Waals surface area contributed by atoms with Gasteiger partial charge in [-0.2, -0.15) is 0 Å². The summed E-state index contributed by atoms with van der Waals surface area (Å²) in [6, 6.07) is 7.54. The lowest BCUT2D eigenvalue weighted by atomic mass is 10.1. The van der Waals surface area contributed by atoms with Crippen LogP contribution in [0.15, 0.2) is 24.3 Å². The zero-order chi connectivity index (χ0) is 12.3. The van der Waals surface area contributed by atoms with Crippen LogP contribution in [0, 0.1) is 6.92 Å². The maximum Gasteiger partial charge on any atom is 0.338 e. The Balaban J connectivity index is 1.97. The van der Waals surface area contributed by atoms with Crippen LogP contribution in [0.1, 0.15) is 28.8 Å². The van der Waals surface area contributed by atoms with E-state index in [4.69, 9.17) is 4.74 Å². The normalized spacial score (nSPS) is 21.2. The highest BCUT2D eigenvalue weighted by atomic mass is 16.5. The molecule has 0 saturated carbocycles. The molecule has 1 aliphatic rings. The number of nitrogens with zero attached hydrogens (tertiary/aromatic N) is 1. The first-order valence-corrected chi connectivity index (χ1v) is 6.11. The largest absolute Gasteiger partial charge is 0.457 e. The predicted molar refractivity (Wildman–Crippen MR) is 67.1 cm³/mol. The van der Waals surface area contributed by atoms with Crippen molar-refractivity contribution < 1.29 is 9.53 Å². The number of likely N-dealkylation sites (N-methyl/N-ethyl adjacent to an activating group) is 1. The first-order chi connectivity index (χ1) is 8.15. The Kier molecular flexibility index (Phi) is 3.79. The zero-order valence-corrected chi connectivity index (χ0v) is 10.5. The standard InChI is InChI=1S/C14H19NO2/c1-11-5-3-6-12(9-11)14(16)17-13-7-4-8-15(2)10-13/h3,5-6,9,13H,4,7-8,10H2,1-2H3/t13-/m1/s1. The van der Waals surface area contributed by atoms with Crippen LogP contribution in [0.2, 0.25) is 0 Å². The highest BCUT2D eigenvalue weighted by Crippen LogP contribution is 2.14. The van der Waals surface area contributed by atoms with Crippen LogP contribution in [-0.2, 0) is 4.74 Å². The van der Waals surface area contributed by atoms with Gasteiger partial charge in [0.15, 0.2) is 0 Å². The molecule has 1 aliphatic heterocycles. The maximum atomic E-state index is 11.9. The second-order valence-electron chi connectivity index (χ2n) is 4.80. The fourth-order valence-electron chi connectivity index (χ4n) is 2.21. The summed E-state index contributed by atoms with van der Waals surface area (Å²) in [4.78, 5) is 14.1. The summed E-state index contributed by atoms with van der Waals surface area (Å²) in [5, 5.41) is 0. The highest BCUT2D eigenvalue weighted by Gasteiger charge is 2.21. The molecule has 1 aromatic rings. The van der Waals surface area contributed by atoms with Crippen molar-refractivity contribution >= 4 is 5.97 Å². The summed E-state index contributed by atoms with van der Waals surface area (Å²) < 4.78 is 5.52. The molecule has 0 spiro atoms. The SMILES string of the molecule is Cc1cccc(C(=O)O[C@@H]2CCCN(C)C2)c1. The van der Waals surface area contributed by atoms with Crippen LogP contribution < -0.4 is 0 Å². The van der Waals surface area contributed by atoms with Crippen molar-refractivity contribution in [2.45, 2.75) is 25.9 Å². The molecule has 1 aromatic carbocycles. The van der Waals surface area contributed by atoms with Crippen molar-refractivity contribution in [1.29, 1.82) is 0 Å². The van der Waals surface area contributed by atoms with Crippen LogP contribution in [0.3, 0.4) is 0 Å². The van der Waals surface area contributed by atoms with E-state index in [2.05, 4.69) is 11.9 Å². The van der Waals surface area contributed by atoms with Crippen molar-refractivity contribution in [2.24, 2.45) is 0 Å². The van der Waals surface area contributed by atoms with Gasteiger partial charge in [0, 0.05) is 6.54 Å². The summed E-state index contributed by atoms with van der Waals surface area (Å²) in [6.07, 6.45) is 2.12. The Morgan fingerprint density at radius 2 is 2.29 bits per heavy atom. The number of rotatable bonds is 2. The molecule has 0 N–H and O–H groups in total. The second-order valence-corrected chi connectivity index (χ2v) is 4.80. The quantitative estimate of drug-likeness (QED) is 0.734.